The van der Waals surface area contributed by atoms with Crippen LogP contribution in [0.3, 0.4) is 0 Å². The van der Waals surface area contributed by atoms with Crippen molar-refractivity contribution in [1.29, 1.82) is 0 Å². The minimum Gasteiger partial charge on any atom is -0.364 e. The average Bonchev–Trinajstić information content (AvgIpc) is 2.73. The van der Waals surface area contributed by atoms with Crippen LogP contribution in [0.1, 0.15) is 56.2 Å². The molecule has 0 amide bonds. The van der Waals surface area contributed by atoms with E-state index in [-0.39, 0.29) is 18.3 Å². The predicted octanol–water partition coefficient (Wildman–Crippen LogP) is 3.16. The van der Waals surface area contributed by atoms with Crippen molar-refractivity contribution in [2.24, 2.45) is 11.7 Å². The number of halogens is 3. The fraction of sp³-hybridized carbons (Fsp3) is 0.857. The Hall–Kier alpha value is -1.15. The van der Waals surface area contributed by atoms with Gasteiger partial charge in [-0.3, -0.25) is 0 Å². The van der Waals surface area contributed by atoms with E-state index in [0.717, 1.165) is 25.7 Å². The third kappa shape index (κ3) is 5.24. The van der Waals surface area contributed by atoms with E-state index in [2.05, 4.69) is 14.9 Å². The molecule has 1 heterocycles. The Labute approximate surface area is 127 Å². The number of ether oxygens (including phenoxy) is 1. The second kappa shape index (κ2) is 7.92. The molecule has 2 N–H and O–H groups in total. The lowest BCUT2D eigenvalue weighted by molar-refractivity contribution is -0.177. The molecule has 1 unspecified atom stereocenters. The standard InChI is InChI=1S/C14H22F3N3O2/c15-14(16,17)9-21-8-12-19-13(22-20-12)11(7-18)10-5-3-1-2-4-6-10/h10-11H,1-9,18H2. The van der Waals surface area contributed by atoms with E-state index in [1.807, 2.05) is 0 Å². The van der Waals surface area contributed by atoms with E-state index in [1.165, 1.54) is 12.8 Å². The molecule has 0 aromatic carbocycles. The number of hydrogen-bond acceptors (Lipinski definition) is 5. The van der Waals surface area contributed by atoms with Gasteiger partial charge in [0.25, 0.3) is 0 Å². The summed E-state index contributed by atoms with van der Waals surface area (Å²) >= 11 is 0. The van der Waals surface area contributed by atoms with Gasteiger partial charge in [-0.1, -0.05) is 30.8 Å². The molecule has 0 bridgehead atoms. The van der Waals surface area contributed by atoms with Gasteiger partial charge in [-0.05, 0) is 18.8 Å². The highest BCUT2D eigenvalue weighted by Gasteiger charge is 2.29. The molecule has 1 fully saturated rings. The Bertz CT molecular complexity index is 443. The lowest BCUT2D eigenvalue weighted by Crippen LogP contribution is -2.22. The zero-order chi connectivity index (χ0) is 16.0. The zero-order valence-electron chi connectivity index (χ0n) is 12.4. The third-order valence-electron chi connectivity index (χ3n) is 4.02. The highest BCUT2D eigenvalue weighted by Crippen LogP contribution is 2.33. The summed E-state index contributed by atoms with van der Waals surface area (Å²) in [5, 5.41) is 3.69. The van der Waals surface area contributed by atoms with Crippen LogP contribution in [-0.4, -0.2) is 29.5 Å². The van der Waals surface area contributed by atoms with Crippen LogP contribution < -0.4 is 5.73 Å². The highest BCUT2D eigenvalue weighted by atomic mass is 19.4. The number of nitrogens with two attached hydrogens (primary N) is 1. The van der Waals surface area contributed by atoms with Crippen LogP contribution in [0, 0.1) is 5.92 Å². The molecule has 1 aromatic heterocycles. The topological polar surface area (TPSA) is 74.2 Å². The van der Waals surface area contributed by atoms with Crippen LogP contribution in [0.5, 0.6) is 0 Å². The van der Waals surface area contributed by atoms with Crippen molar-refractivity contribution in [2.75, 3.05) is 13.2 Å². The van der Waals surface area contributed by atoms with Crippen molar-refractivity contribution in [3.05, 3.63) is 11.7 Å². The molecule has 1 aliphatic rings. The first-order chi connectivity index (χ1) is 10.5. The van der Waals surface area contributed by atoms with E-state index in [0.29, 0.717) is 18.4 Å². The predicted molar refractivity (Wildman–Crippen MR) is 73.0 cm³/mol. The summed E-state index contributed by atoms with van der Waals surface area (Å²) in [4.78, 5) is 4.16. The minimum absolute atomic E-state index is 0.0260. The van der Waals surface area contributed by atoms with Crippen molar-refractivity contribution in [2.45, 2.75) is 57.2 Å². The second-order valence-electron chi connectivity index (χ2n) is 5.75. The van der Waals surface area contributed by atoms with E-state index in [1.54, 1.807) is 0 Å². The van der Waals surface area contributed by atoms with E-state index < -0.39 is 12.8 Å². The van der Waals surface area contributed by atoms with E-state index in [4.69, 9.17) is 10.3 Å². The van der Waals surface area contributed by atoms with Gasteiger partial charge in [0.2, 0.25) is 5.89 Å². The molecule has 22 heavy (non-hydrogen) atoms. The Morgan fingerprint density at radius 1 is 1.23 bits per heavy atom. The first kappa shape index (κ1) is 17.2. The normalized spacial score (nSPS) is 19.1. The Balaban J connectivity index is 1.92. The van der Waals surface area contributed by atoms with Crippen molar-refractivity contribution in [1.82, 2.24) is 10.1 Å². The molecule has 1 atom stereocenters. The maximum Gasteiger partial charge on any atom is 0.411 e. The van der Waals surface area contributed by atoms with E-state index in [9.17, 15) is 13.2 Å². The fourth-order valence-corrected chi connectivity index (χ4v) is 2.94. The molecule has 126 valence electrons. The van der Waals surface area contributed by atoms with Gasteiger partial charge in [0, 0.05) is 6.54 Å². The Kier molecular flexibility index (Phi) is 6.19. The zero-order valence-corrected chi connectivity index (χ0v) is 12.4. The summed E-state index contributed by atoms with van der Waals surface area (Å²) < 4.78 is 45.8. The summed E-state index contributed by atoms with van der Waals surface area (Å²) in [5.41, 5.74) is 5.85. The van der Waals surface area contributed by atoms with Gasteiger partial charge in [0.1, 0.15) is 13.2 Å². The fourth-order valence-electron chi connectivity index (χ4n) is 2.94. The largest absolute Gasteiger partial charge is 0.411 e. The summed E-state index contributed by atoms with van der Waals surface area (Å²) in [7, 11) is 0. The van der Waals surface area contributed by atoms with Gasteiger partial charge < -0.3 is 15.0 Å². The van der Waals surface area contributed by atoms with Crippen molar-refractivity contribution >= 4 is 0 Å². The van der Waals surface area contributed by atoms with Crippen molar-refractivity contribution in [3.8, 4) is 0 Å². The van der Waals surface area contributed by atoms with Crippen LogP contribution >= 0.6 is 0 Å². The van der Waals surface area contributed by atoms with Crippen LogP contribution in [0.15, 0.2) is 4.52 Å². The summed E-state index contributed by atoms with van der Waals surface area (Å²) in [6.45, 7) is -1.24. The molecule has 1 saturated carbocycles. The maximum atomic E-state index is 12.0. The van der Waals surface area contributed by atoms with Gasteiger partial charge in [-0.25, -0.2) is 0 Å². The molecule has 0 spiro atoms. The monoisotopic (exact) mass is 321 g/mol. The lowest BCUT2D eigenvalue weighted by Gasteiger charge is -2.21. The smallest absolute Gasteiger partial charge is 0.364 e. The average molecular weight is 321 g/mol. The van der Waals surface area contributed by atoms with Crippen molar-refractivity contribution < 1.29 is 22.4 Å². The van der Waals surface area contributed by atoms with Gasteiger partial charge in [-0.2, -0.15) is 18.2 Å². The number of rotatable bonds is 6. The van der Waals surface area contributed by atoms with Crippen LogP contribution in [0.25, 0.3) is 0 Å². The molecule has 2 rings (SSSR count). The third-order valence-corrected chi connectivity index (χ3v) is 4.02. The molecule has 5 nitrogen and oxygen atoms in total. The summed E-state index contributed by atoms with van der Waals surface area (Å²) in [6.07, 6.45) is 2.58. The Morgan fingerprint density at radius 2 is 1.91 bits per heavy atom. The molecule has 0 radical (unpaired) electrons. The molecule has 0 aliphatic heterocycles. The number of aromatic nitrogens is 2. The lowest BCUT2D eigenvalue weighted by atomic mass is 9.86. The molecular formula is C14H22F3N3O2. The quantitative estimate of drug-likeness (QED) is 0.815. The van der Waals surface area contributed by atoms with Gasteiger partial charge in [-0.15, -0.1) is 0 Å². The van der Waals surface area contributed by atoms with Crippen LogP contribution in [-0.2, 0) is 11.3 Å². The molecule has 1 aromatic rings. The highest BCUT2D eigenvalue weighted by molar-refractivity contribution is 4.97. The van der Waals surface area contributed by atoms with Gasteiger partial charge in [0.15, 0.2) is 5.82 Å². The van der Waals surface area contributed by atoms with E-state index >= 15 is 0 Å². The number of nitrogens with zero attached hydrogens (tertiary/aromatic N) is 2. The van der Waals surface area contributed by atoms with Gasteiger partial charge in [0.05, 0.1) is 5.92 Å². The number of alkyl halides is 3. The first-order valence-electron chi connectivity index (χ1n) is 7.66. The summed E-state index contributed by atoms with van der Waals surface area (Å²) in [6, 6.07) is 0. The van der Waals surface area contributed by atoms with Crippen LogP contribution in [0.2, 0.25) is 0 Å². The molecule has 8 heteroatoms. The Morgan fingerprint density at radius 3 is 2.50 bits per heavy atom. The summed E-state index contributed by atoms with van der Waals surface area (Å²) in [5.74, 6) is 0.921. The number of hydrogen-bond donors (Lipinski definition) is 1. The molecule has 0 saturated heterocycles. The maximum absolute atomic E-state index is 12.0. The first-order valence-corrected chi connectivity index (χ1v) is 7.66. The van der Waals surface area contributed by atoms with Gasteiger partial charge >= 0.3 is 6.18 Å². The SMILES string of the molecule is NCC(c1nc(COCC(F)(F)F)no1)C1CCCCCC1. The van der Waals surface area contributed by atoms with Crippen molar-refractivity contribution in [3.63, 3.8) is 0 Å². The molecular weight excluding hydrogens is 299 g/mol. The molecule has 1 aliphatic carbocycles. The second-order valence-corrected chi connectivity index (χ2v) is 5.75. The minimum atomic E-state index is -4.35. The van der Waals surface area contributed by atoms with Crippen LogP contribution in [0.4, 0.5) is 13.2 Å².